The first-order chi connectivity index (χ1) is 14.0. The molecule has 7 heteroatoms. The standard InChI is InChI=1S/C22H36N4O3/c1-16(2)21-24-22(29-25-21)18-9-6-13-26(14-11-19(27)23-12-10-18)20(28)15-17-7-4-3-5-8-17/h16-18H,3-15H2,1-2H3,(H,23,27). The van der Waals surface area contributed by atoms with Crippen molar-refractivity contribution in [3.8, 4) is 0 Å². The van der Waals surface area contributed by atoms with E-state index in [-0.39, 0.29) is 23.7 Å². The minimum atomic E-state index is 0.00881. The van der Waals surface area contributed by atoms with Crippen molar-refractivity contribution in [2.75, 3.05) is 19.6 Å². The number of hydrogen-bond acceptors (Lipinski definition) is 5. The second-order valence-electron chi connectivity index (χ2n) is 8.96. The summed E-state index contributed by atoms with van der Waals surface area (Å²) in [6, 6.07) is 0. The number of rotatable bonds is 4. The Morgan fingerprint density at radius 2 is 1.93 bits per heavy atom. The maximum atomic E-state index is 12.9. The fourth-order valence-electron chi connectivity index (χ4n) is 4.41. The lowest BCUT2D eigenvalue weighted by Gasteiger charge is -2.27. The molecule has 29 heavy (non-hydrogen) atoms. The molecule has 1 saturated carbocycles. The molecule has 1 aliphatic heterocycles. The van der Waals surface area contributed by atoms with Crippen molar-refractivity contribution in [1.82, 2.24) is 20.4 Å². The molecule has 1 saturated heterocycles. The van der Waals surface area contributed by atoms with Crippen LogP contribution < -0.4 is 5.32 Å². The topological polar surface area (TPSA) is 88.3 Å². The first-order valence-corrected chi connectivity index (χ1v) is 11.4. The van der Waals surface area contributed by atoms with Gasteiger partial charge in [-0.15, -0.1) is 0 Å². The number of carbonyl (C=O) groups is 2. The molecule has 1 atom stereocenters. The van der Waals surface area contributed by atoms with Gasteiger partial charge in [-0.25, -0.2) is 0 Å². The van der Waals surface area contributed by atoms with E-state index in [4.69, 9.17) is 4.52 Å². The molecule has 1 aliphatic carbocycles. The second kappa shape index (κ2) is 10.7. The second-order valence-corrected chi connectivity index (χ2v) is 8.96. The van der Waals surface area contributed by atoms with E-state index in [1.165, 1.54) is 19.3 Å². The summed E-state index contributed by atoms with van der Waals surface area (Å²) in [7, 11) is 0. The minimum Gasteiger partial charge on any atom is -0.356 e. The number of nitrogens with zero attached hydrogens (tertiary/aromatic N) is 3. The van der Waals surface area contributed by atoms with Crippen molar-refractivity contribution < 1.29 is 14.1 Å². The van der Waals surface area contributed by atoms with Crippen LogP contribution in [0.1, 0.15) is 102 Å². The first-order valence-electron chi connectivity index (χ1n) is 11.4. The lowest BCUT2D eigenvalue weighted by atomic mass is 9.86. The average Bonchev–Trinajstić information content (AvgIpc) is 3.18. The van der Waals surface area contributed by atoms with E-state index >= 15 is 0 Å². The van der Waals surface area contributed by atoms with E-state index in [1.807, 2.05) is 18.7 Å². The van der Waals surface area contributed by atoms with E-state index in [0.717, 1.165) is 37.9 Å². The van der Waals surface area contributed by atoms with Crippen LogP contribution in [0, 0.1) is 5.92 Å². The predicted molar refractivity (Wildman–Crippen MR) is 110 cm³/mol. The van der Waals surface area contributed by atoms with Crippen LogP contribution in [-0.2, 0) is 9.59 Å². The molecular formula is C22H36N4O3. The van der Waals surface area contributed by atoms with Crippen LogP contribution >= 0.6 is 0 Å². The average molecular weight is 405 g/mol. The van der Waals surface area contributed by atoms with Crippen LogP contribution in [0.4, 0.5) is 0 Å². The smallest absolute Gasteiger partial charge is 0.229 e. The van der Waals surface area contributed by atoms with E-state index in [0.29, 0.717) is 44.3 Å². The zero-order valence-electron chi connectivity index (χ0n) is 18.0. The van der Waals surface area contributed by atoms with Crippen molar-refractivity contribution >= 4 is 11.8 Å². The Morgan fingerprint density at radius 1 is 1.14 bits per heavy atom. The SMILES string of the molecule is CC(C)c1noc(C2CCCN(C(=O)CC3CCCCC3)CCC(=O)NCC2)n1. The number of hydrogen-bond donors (Lipinski definition) is 1. The number of nitrogens with one attached hydrogen (secondary N) is 1. The molecule has 2 fully saturated rings. The summed E-state index contributed by atoms with van der Waals surface area (Å²) in [5.74, 6) is 2.45. The van der Waals surface area contributed by atoms with Crippen LogP contribution in [0.2, 0.25) is 0 Å². The Hall–Kier alpha value is -1.92. The summed E-state index contributed by atoms with van der Waals surface area (Å²) in [5, 5.41) is 7.07. The van der Waals surface area contributed by atoms with Crippen LogP contribution in [0.25, 0.3) is 0 Å². The monoisotopic (exact) mass is 404 g/mol. The molecule has 0 bridgehead atoms. The van der Waals surface area contributed by atoms with Gasteiger partial charge < -0.3 is 14.7 Å². The fraction of sp³-hybridized carbons (Fsp3) is 0.818. The zero-order valence-corrected chi connectivity index (χ0v) is 18.0. The minimum absolute atomic E-state index is 0.00881. The third-order valence-corrected chi connectivity index (χ3v) is 6.27. The lowest BCUT2D eigenvalue weighted by Crippen LogP contribution is -2.36. The van der Waals surface area contributed by atoms with Gasteiger partial charge in [0, 0.05) is 44.3 Å². The molecule has 3 rings (SSSR count). The summed E-state index contributed by atoms with van der Waals surface area (Å²) in [6.07, 6.45) is 9.65. The Kier molecular flexibility index (Phi) is 8.07. The van der Waals surface area contributed by atoms with Gasteiger partial charge >= 0.3 is 0 Å². The molecule has 162 valence electrons. The van der Waals surface area contributed by atoms with Crippen molar-refractivity contribution in [1.29, 1.82) is 0 Å². The molecule has 1 aromatic rings. The number of aromatic nitrogens is 2. The largest absolute Gasteiger partial charge is 0.356 e. The quantitative estimate of drug-likeness (QED) is 0.825. The summed E-state index contributed by atoms with van der Waals surface area (Å²) >= 11 is 0. The molecule has 7 nitrogen and oxygen atoms in total. The van der Waals surface area contributed by atoms with Gasteiger partial charge in [-0.1, -0.05) is 38.3 Å². The Balaban J connectivity index is 1.61. The number of amides is 2. The van der Waals surface area contributed by atoms with Gasteiger partial charge in [0.05, 0.1) is 0 Å². The van der Waals surface area contributed by atoms with Crippen molar-refractivity contribution in [3.05, 3.63) is 11.7 Å². The van der Waals surface area contributed by atoms with Crippen LogP contribution in [-0.4, -0.2) is 46.5 Å². The first kappa shape index (κ1) is 21.8. The van der Waals surface area contributed by atoms with Gasteiger partial charge in [0.1, 0.15) is 0 Å². The van der Waals surface area contributed by atoms with Gasteiger partial charge in [0.2, 0.25) is 17.7 Å². The highest BCUT2D eigenvalue weighted by molar-refractivity contribution is 5.79. The lowest BCUT2D eigenvalue weighted by molar-refractivity contribution is -0.133. The normalized spacial score (nSPS) is 22.9. The van der Waals surface area contributed by atoms with Gasteiger partial charge in [0.15, 0.2) is 5.82 Å². The van der Waals surface area contributed by atoms with Crippen molar-refractivity contribution in [3.63, 3.8) is 0 Å². The van der Waals surface area contributed by atoms with Gasteiger partial charge in [-0.05, 0) is 38.0 Å². The maximum Gasteiger partial charge on any atom is 0.229 e. The highest BCUT2D eigenvalue weighted by Crippen LogP contribution is 2.28. The van der Waals surface area contributed by atoms with E-state index in [1.54, 1.807) is 0 Å². The van der Waals surface area contributed by atoms with Crippen LogP contribution in [0.3, 0.4) is 0 Å². The van der Waals surface area contributed by atoms with E-state index < -0.39 is 0 Å². The third-order valence-electron chi connectivity index (χ3n) is 6.27. The summed E-state index contributed by atoms with van der Waals surface area (Å²) in [5.41, 5.74) is 0. The van der Waals surface area contributed by atoms with Crippen LogP contribution in [0.5, 0.6) is 0 Å². The van der Waals surface area contributed by atoms with Crippen molar-refractivity contribution in [2.45, 2.75) is 89.9 Å². The molecule has 2 amide bonds. The zero-order chi connectivity index (χ0) is 20.6. The number of carbonyl (C=O) groups excluding carboxylic acids is 2. The summed E-state index contributed by atoms with van der Waals surface area (Å²) < 4.78 is 5.51. The molecule has 1 N–H and O–H groups in total. The van der Waals surface area contributed by atoms with E-state index in [2.05, 4.69) is 15.5 Å². The fourth-order valence-corrected chi connectivity index (χ4v) is 4.41. The molecule has 0 radical (unpaired) electrons. The van der Waals surface area contributed by atoms with Gasteiger partial charge in [0.25, 0.3) is 0 Å². The highest BCUT2D eigenvalue weighted by Gasteiger charge is 2.24. The molecule has 2 heterocycles. The molecule has 0 aromatic carbocycles. The van der Waals surface area contributed by atoms with E-state index in [9.17, 15) is 9.59 Å². The molecule has 0 spiro atoms. The highest BCUT2D eigenvalue weighted by atomic mass is 16.5. The maximum absolute atomic E-state index is 12.9. The Bertz CT molecular complexity index is 667. The Morgan fingerprint density at radius 3 is 2.66 bits per heavy atom. The molecule has 1 aromatic heterocycles. The molecular weight excluding hydrogens is 368 g/mol. The third kappa shape index (κ3) is 6.54. The Labute approximate surface area is 174 Å². The molecule has 1 unspecified atom stereocenters. The van der Waals surface area contributed by atoms with Crippen molar-refractivity contribution in [2.24, 2.45) is 5.92 Å². The van der Waals surface area contributed by atoms with Gasteiger partial charge in [-0.3, -0.25) is 9.59 Å². The van der Waals surface area contributed by atoms with Crippen LogP contribution in [0.15, 0.2) is 4.52 Å². The molecule has 2 aliphatic rings. The van der Waals surface area contributed by atoms with Gasteiger partial charge in [-0.2, -0.15) is 4.98 Å². The summed E-state index contributed by atoms with van der Waals surface area (Å²) in [6.45, 7) is 5.89. The predicted octanol–water partition coefficient (Wildman–Crippen LogP) is 3.77. The summed E-state index contributed by atoms with van der Waals surface area (Å²) in [4.78, 5) is 31.6.